The van der Waals surface area contributed by atoms with E-state index < -0.39 is 0 Å². The van der Waals surface area contributed by atoms with E-state index in [4.69, 9.17) is 32.7 Å². The van der Waals surface area contributed by atoms with E-state index in [1.54, 1.807) is 25.3 Å². The Labute approximate surface area is 111 Å². The predicted molar refractivity (Wildman–Crippen MR) is 63.1 cm³/mol. The molecule has 0 aromatic rings. The zero-order valence-electron chi connectivity index (χ0n) is 7.96. The van der Waals surface area contributed by atoms with Gasteiger partial charge >= 0.3 is 113 Å². The van der Waals surface area contributed by atoms with Gasteiger partial charge in [0.25, 0.3) is 0 Å². The SMILES string of the molecule is COC/C(=C\Cl)[Te][Te]/C(=C/Cl)COC. The summed E-state index contributed by atoms with van der Waals surface area (Å²) in [6.45, 7) is 1.30. The van der Waals surface area contributed by atoms with E-state index in [2.05, 4.69) is 0 Å². The van der Waals surface area contributed by atoms with Crippen LogP contribution >= 0.6 is 23.2 Å². The average Bonchev–Trinajstić information content (AvgIpc) is 2.22. The molecule has 0 aliphatic carbocycles. The van der Waals surface area contributed by atoms with Crippen LogP contribution in [-0.2, 0) is 9.47 Å². The summed E-state index contributed by atoms with van der Waals surface area (Å²) in [5, 5.41) is 0. The van der Waals surface area contributed by atoms with Crippen molar-refractivity contribution in [2.24, 2.45) is 0 Å². The van der Waals surface area contributed by atoms with Gasteiger partial charge in [0.05, 0.1) is 0 Å². The summed E-state index contributed by atoms with van der Waals surface area (Å²) < 4.78 is 12.6. The normalized spacial score (nSPS) is 13.4. The summed E-state index contributed by atoms with van der Waals surface area (Å²) in [5.74, 6) is 0. The third kappa shape index (κ3) is 7.80. The minimum atomic E-state index is -0.184. The van der Waals surface area contributed by atoms with Crippen molar-refractivity contribution in [2.45, 2.75) is 0 Å². The molecular formula is C8H12Cl2O2Te2. The molecule has 0 aromatic heterocycles. The molecule has 2 nitrogen and oxygen atoms in total. The summed E-state index contributed by atoms with van der Waals surface area (Å²) in [5.41, 5.74) is 3.30. The number of hydrogen-bond acceptors (Lipinski definition) is 2. The van der Waals surface area contributed by atoms with Crippen LogP contribution < -0.4 is 0 Å². The van der Waals surface area contributed by atoms with E-state index in [-0.39, 0.29) is 34.1 Å². The van der Waals surface area contributed by atoms with Gasteiger partial charge in [0.15, 0.2) is 0 Å². The summed E-state index contributed by atoms with van der Waals surface area (Å²) >= 11 is 11.0. The first-order valence-electron chi connectivity index (χ1n) is 3.69. The molecule has 0 aromatic carbocycles. The van der Waals surface area contributed by atoms with Crippen LogP contribution in [-0.4, -0.2) is 61.5 Å². The average molecular weight is 466 g/mol. The fourth-order valence-corrected chi connectivity index (χ4v) is 13.0. The fourth-order valence-electron chi connectivity index (χ4n) is 0.539. The van der Waals surface area contributed by atoms with Crippen LogP contribution in [0, 0.1) is 0 Å². The monoisotopic (exact) mass is 470 g/mol. The van der Waals surface area contributed by atoms with Crippen molar-refractivity contribution in [1.82, 2.24) is 0 Å². The first-order chi connectivity index (χ1) is 6.78. The standard InChI is InChI=1S/C8H12Cl2O2Te2/c1-11-5-7(3-9)13-14-8(4-10)6-12-2/h3-4H,5-6H2,1-2H3/b7-3+,8-4+. The van der Waals surface area contributed by atoms with Crippen molar-refractivity contribution < 1.29 is 9.47 Å². The molecule has 0 atom stereocenters. The number of halogens is 2. The maximum absolute atomic E-state index is 5.68. The Morgan fingerprint density at radius 2 is 1.36 bits per heavy atom. The zero-order chi connectivity index (χ0) is 10.8. The summed E-state index contributed by atoms with van der Waals surface area (Å²) in [6.07, 6.45) is 0. The number of rotatable bonds is 7. The van der Waals surface area contributed by atoms with Gasteiger partial charge in [-0.3, -0.25) is 0 Å². The fraction of sp³-hybridized carbons (Fsp3) is 0.500. The minimum absolute atomic E-state index is 0.184. The van der Waals surface area contributed by atoms with Crippen LogP contribution in [0.5, 0.6) is 0 Å². The summed E-state index contributed by atoms with van der Waals surface area (Å²) in [7, 11) is 3.36. The third-order valence-corrected chi connectivity index (χ3v) is 15.0. The molecule has 0 amide bonds. The molecule has 0 heterocycles. The molecule has 0 rings (SSSR count). The topological polar surface area (TPSA) is 18.5 Å². The van der Waals surface area contributed by atoms with Crippen LogP contribution in [0.2, 0.25) is 0 Å². The Kier molecular flexibility index (Phi) is 12.3. The molecule has 0 aliphatic heterocycles. The van der Waals surface area contributed by atoms with Crippen molar-refractivity contribution in [2.75, 3.05) is 27.4 Å². The first-order valence-corrected chi connectivity index (χ1v) is 14.2. The Bertz CT molecular complexity index is 186. The van der Waals surface area contributed by atoms with Crippen LogP contribution in [0.25, 0.3) is 0 Å². The van der Waals surface area contributed by atoms with Gasteiger partial charge in [-0.25, -0.2) is 0 Å². The Hall–Kier alpha value is 1.56. The van der Waals surface area contributed by atoms with Gasteiger partial charge in [-0.15, -0.1) is 0 Å². The van der Waals surface area contributed by atoms with Crippen molar-refractivity contribution >= 4 is 57.3 Å². The van der Waals surface area contributed by atoms with Crippen LogP contribution in [0.4, 0.5) is 0 Å². The first kappa shape index (κ1) is 15.6. The molecule has 0 bridgehead atoms. The molecule has 0 unspecified atom stereocenters. The predicted octanol–water partition coefficient (Wildman–Crippen LogP) is 1.76. The van der Waals surface area contributed by atoms with Gasteiger partial charge in [0.2, 0.25) is 0 Å². The molecule has 0 saturated carbocycles. The number of hydrogen-bond donors (Lipinski definition) is 0. The second-order valence-electron chi connectivity index (χ2n) is 2.18. The van der Waals surface area contributed by atoms with E-state index in [1.165, 1.54) is 7.24 Å². The Balaban J connectivity index is 3.89. The molecule has 0 spiro atoms. The Morgan fingerprint density at radius 1 is 1.00 bits per heavy atom. The summed E-state index contributed by atoms with van der Waals surface area (Å²) in [6, 6.07) is 0. The van der Waals surface area contributed by atoms with Gasteiger partial charge in [-0.1, -0.05) is 0 Å². The molecule has 0 radical (unpaired) electrons. The van der Waals surface area contributed by atoms with Crippen molar-refractivity contribution in [3.8, 4) is 0 Å². The quantitative estimate of drug-likeness (QED) is 0.533. The molecular weight excluding hydrogens is 454 g/mol. The molecule has 14 heavy (non-hydrogen) atoms. The molecule has 0 saturated heterocycles. The van der Waals surface area contributed by atoms with E-state index in [9.17, 15) is 0 Å². The molecule has 0 N–H and O–H groups in total. The van der Waals surface area contributed by atoms with E-state index >= 15 is 0 Å². The van der Waals surface area contributed by atoms with E-state index in [0.29, 0.717) is 13.2 Å². The summed E-state index contributed by atoms with van der Waals surface area (Å²) in [4.78, 5) is 0. The van der Waals surface area contributed by atoms with Gasteiger partial charge < -0.3 is 0 Å². The zero-order valence-corrected chi connectivity index (χ0v) is 14.1. The van der Waals surface area contributed by atoms with E-state index in [0.717, 1.165) is 0 Å². The second-order valence-corrected chi connectivity index (χ2v) is 12.9. The second kappa shape index (κ2) is 11.1. The number of methoxy groups -OCH3 is 2. The van der Waals surface area contributed by atoms with Crippen LogP contribution in [0.15, 0.2) is 18.3 Å². The molecule has 0 aliphatic rings. The maximum atomic E-state index is 5.68. The van der Waals surface area contributed by atoms with Crippen molar-refractivity contribution in [3.63, 3.8) is 0 Å². The van der Waals surface area contributed by atoms with Crippen molar-refractivity contribution in [1.29, 1.82) is 0 Å². The molecule has 0 fully saturated rings. The van der Waals surface area contributed by atoms with Crippen LogP contribution in [0.1, 0.15) is 0 Å². The van der Waals surface area contributed by atoms with Gasteiger partial charge in [-0.05, 0) is 0 Å². The third-order valence-electron chi connectivity index (χ3n) is 1.07. The number of ether oxygens (including phenoxy) is 2. The van der Waals surface area contributed by atoms with Gasteiger partial charge in [-0.2, -0.15) is 0 Å². The Morgan fingerprint density at radius 3 is 1.57 bits per heavy atom. The van der Waals surface area contributed by atoms with Gasteiger partial charge in [0, 0.05) is 0 Å². The van der Waals surface area contributed by atoms with Gasteiger partial charge in [0.1, 0.15) is 0 Å². The van der Waals surface area contributed by atoms with E-state index in [1.807, 2.05) is 0 Å². The molecule has 6 heteroatoms. The van der Waals surface area contributed by atoms with Crippen LogP contribution in [0.3, 0.4) is 0 Å². The molecule has 82 valence electrons. The van der Waals surface area contributed by atoms with Crippen molar-refractivity contribution in [3.05, 3.63) is 18.3 Å².